The number of anilines is 1. The first kappa shape index (κ1) is 16.7. The zero-order valence-corrected chi connectivity index (χ0v) is 13.5. The third-order valence-electron chi connectivity index (χ3n) is 4.19. The smallest absolute Gasteiger partial charge is 0.334 e. The van der Waals surface area contributed by atoms with E-state index in [0.29, 0.717) is 30.0 Å². The lowest BCUT2D eigenvalue weighted by Gasteiger charge is -2.31. The largest absolute Gasteiger partial charge is 0.478 e. The van der Waals surface area contributed by atoms with Crippen molar-refractivity contribution in [3.8, 4) is 0 Å². The van der Waals surface area contributed by atoms with E-state index in [1.165, 1.54) is 13.2 Å². The molecular weight excluding hydrogens is 324 g/mol. The average Bonchev–Trinajstić information content (AvgIpc) is 2.79. The molecule has 0 aromatic heterocycles. The normalized spacial score (nSPS) is 19.9. The van der Waals surface area contributed by atoms with Gasteiger partial charge in [-0.2, -0.15) is 0 Å². The predicted octanol–water partition coefficient (Wildman–Crippen LogP) is 0.918. The highest BCUT2D eigenvalue weighted by Crippen LogP contribution is 2.33. The summed E-state index contributed by atoms with van der Waals surface area (Å²) in [5.74, 6) is 0.460. The third kappa shape index (κ3) is 2.87. The molecule has 0 saturated heterocycles. The van der Waals surface area contributed by atoms with Crippen LogP contribution in [0.4, 0.5) is 5.69 Å². The van der Waals surface area contributed by atoms with Gasteiger partial charge in [-0.3, -0.25) is 4.79 Å². The molecule has 2 N–H and O–H groups in total. The van der Waals surface area contributed by atoms with Crippen LogP contribution >= 0.6 is 0 Å². The number of carbonyl (C=O) groups excluding carboxylic acids is 2. The van der Waals surface area contributed by atoms with Crippen molar-refractivity contribution in [3.63, 3.8) is 0 Å². The summed E-state index contributed by atoms with van der Waals surface area (Å²) in [6.45, 7) is 0.802. The van der Waals surface area contributed by atoms with Crippen molar-refractivity contribution >= 4 is 23.5 Å². The van der Waals surface area contributed by atoms with Gasteiger partial charge in [-0.15, -0.1) is 0 Å². The van der Waals surface area contributed by atoms with Crippen LogP contribution in [0.1, 0.15) is 10.4 Å². The number of methoxy groups -OCH3 is 1. The Kier molecular flexibility index (Phi) is 4.52. The standard InChI is InChI=1S/C18H16N2O5/c1-25-16-12(18(23)24)6-7-15(13(16)10-21)20-9-8-19-17(22)11-4-2-3-5-14(11)20/h2-7,16H,8-9H2,1H3,(H,19,22)(H,23,24). The van der Waals surface area contributed by atoms with Gasteiger partial charge in [0.15, 0.2) is 0 Å². The lowest BCUT2D eigenvalue weighted by Crippen LogP contribution is -2.35. The second-order valence-corrected chi connectivity index (χ2v) is 5.54. The molecule has 0 fully saturated rings. The number of para-hydroxylation sites is 1. The molecule has 1 atom stereocenters. The molecule has 1 aromatic carbocycles. The lowest BCUT2D eigenvalue weighted by atomic mass is 9.93. The molecule has 1 amide bonds. The second-order valence-electron chi connectivity index (χ2n) is 5.54. The van der Waals surface area contributed by atoms with E-state index in [0.717, 1.165) is 0 Å². The van der Waals surface area contributed by atoms with Gasteiger partial charge < -0.3 is 20.1 Å². The van der Waals surface area contributed by atoms with Crippen molar-refractivity contribution in [2.45, 2.75) is 6.10 Å². The van der Waals surface area contributed by atoms with Crippen LogP contribution in [-0.2, 0) is 14.3 Å². The molecule has 2 aliphatic rings. The maximum Gasteiger partial charge on any atom is 0.334 e. The van der Waals surface area contributed by atoms with Gasteiger partial charge in [0, 0.05) is 20.2 Å². The van der Waals surface area contributed by atoms with Gasteiger partial charge in [-0.1, -0.05) is 12.1 Å². The van der Waals surface area contributed by atoms with Crippen molar-refractivity contribution < 1.29 is 24.2 Å². The number of hydrogen-bond donors (Lipinski definition) is 2. The average molecular weight is 340 g/mol. The van der Waals surface area contributed by atoms with E-state index in [-0.39, 0.29) is 17.1 Å². The highest BCUT2D eigenvalue weighted by Gasteiger charge is 2.34. The van der Waals surface area contributed by atoms with Crippen LogP contribution in [0, 0.1) is 0 Å². The molecule has 1 aliphatic carbocycles. The summed E-state index contributed by atoms with van der Waals surface area (Å²) in [7, 11) is 1.34. The number of carbonyl (C=O) groups is 2. The van der Waals surface area contributed by atoms with Crippen molar-refractivity contribution in [1.29, 1.82) is 0 Å². The summed E-state index contributed by atoms with van der Waals surface area (Å²) in [5, 5.41) is 12.1. The first-order valence-corrected chi connectivity index (χ1v) is 7.66. The highest BCUT2D eigenvalue weighted by molar-refractivity contribution is 6.01. The number of rotatable bonds is 3. The van der Waals surface area contributed by atoms with E-state index < -0.39 is 12.1 Å². The van der Waals surface area contributed by atoms with Crippen LogP contribution in [0.5, 0.6) is 0 Å². The quantitative estimate of drug-likeness (QED) is 0.795. The van der Waals surface area contributed by atoms with Gasteiger partial charge in [0.05, 0.1) is 28.1 Å². The molecule has 25 heavy (non-hydrogen) atoms. The van der Waals surface area contributed by atoms with Crippen molar-refractivity contribution in [2.75, 3.05) is 25.1 Å². The zero-order valence-electron chi connectivity index (χ0n) is 13.5. The number of ether oxygens (including phenoxy) is 1. The second kappa shape index (κ2) is 6.76. The Bertz CT molecular complexity index is 849. The maximum atomic E-state index is 12.2. The highest BCUT2D eigenvalue weighted by atomic mass is 16.5. The number of carboxylic acid groups (broad SMARTS) is 1. The molecule has 7 nitrogen and oxygen atoms in total. The number of nitrogens with zero attached hydrogens (tertiary/aromatic N) is 1. The number of fused-ring (bicyclic) bond motifs is 1. The van der Waals surface area contributed by atoms with Crippen LogP contribution in [0.15, 0.2) is 53.3 Å². The Morgan fingerprint density at radius 2 is 2.12 bits per heavy atom. The van der Waals surface area contributed by atoms with Gasteiger partial charge in [-0.25, -0.2) is 9.59 Å². The Morgan fingerprint density at radius 3 is 2.80 bits per heavy atom. The Morgan fingerprint density at radius 1 is 1.36 bits per heavy atom. The van der Waals surface area contributed by atoms with E-state index in [1.54, 1.807) is 35.2 Å². The van der Waals surface area contributed by atoms with Crippen LogP contribution in [0.2, 0.25) is 0 Å². The number of amides is 1. The van der Waals surface area contributed by atoms with Crippen LogP contribution in [0.3, 0.4) is 0 Å². The number of nitrogens with one attached hydrogen (secondary N) is 1. The molecule has 1 aliphatic heterocycles. The van der Waals surface area contributed by atoms with Crippen LogP contribution < -0.4 is 10.2 Å². The fourth-order valence-corrected chi connectivity index (χ4v) is 3.05. The van der Waals surface area contributed by atoms with Crippen molar-refractivity contribution in [2.24, 2.45) is 0 Å². The lowest BCUT2D eigenvalue weighted by molar-refractivity contribution is -0.133. The van der Waals surface area contributed by atoms with E-state index in [9.17, 15) is 19.5 Å². The molecule has 128 valence electrons. The molecule has 3 rings (SSSR count). The van der Waals surface area contributed by atoms with Gasteiger partial charge in [0.1, 0.15) is 12.0 Å². The molecule has 1 unspecified atom stereocenters. The summed E-state index contributed by atoms with van der Waals surface area (Å²) in [4.78, 5) is 37.0. The molecular formula is C18H16N2O5. The fourth-order valence-electron chi connectivity index (χ4n) is 3.05. The molecule has 0 spiro atoms. The van der Waals surface area contributed by atoms with Gasteiger partial charge >= 0.3 is 5.97 Å². The minimum absolute atomic E-state index is 0.0399. The predicted molar refractivity (Wildman–Crippen MR) is 89.9 cm³/mol. The molecule has 7 heteroatoms. The van der Waals surface area contributed by atoms with E-state index in [1.807, 2.05) is 5.94 Å². The monoisotopic (exact) mass is 340 g/mol. The van der Waals surface area contributed by atoms with Crippen molar-refractivity contribution in [1.82, 2.24) is 5.32 Å². The van der Waals surface area contributed by atoms with Gasteiger partial charge in [0.25, 0.3) is 5.91 Å². The topological polar surface area (TPSA) is 95.9 Å². The molecule has 0 bridgehead atoms. The fraction of sp³-hybridized carbons (Fsp3) is 0.222. The number of carboxylic acids is 1. The van der Waals surface area contributed by atoms with E-state index in [2.05, 4.69) is 5.32 Å². The number of hydrogen-bond acceptors (Lipinski definition) is 5. The summed E-state index contributed by atoms with van der Waals surface area (Å²) in [6, 6.07) is 7.03. The number of allylic oxidation sites excluding steroid dienone is 2. The van der Waals surface area contributed by atoms with Gasteiger partial charge in [-0.05, 0) is 24.3 Å². The Hall–Kier alpha value is -3.15. The molecule has 1 aromatic rings. The summed E-state index contributed by atoms with van der Waals surface area (Å²) in [6.07, 6.45) is 1.94. The van der Waals surface area contributed by atoms with Crippen molar-refractivity contribution in [3.05, 3.63) is 58.8 Å². The Balaban J connectivity index is 2.14. The third-order valence-corrected chi connectivity index (χ3v) is 4.19. The minimum atomic E-state index is -1.16. The molecule has 0 radical (unpaired) electrons. The molecule has 1 heterocycles. The Labute approximate surface area is 143 Å². The number of benzene rings is 1. The van der Waals surface area contributed by atoms with Gasteiger partial charge in [0.2, 0.25) is 0 Å². The SMILES string of the molecule is COC1C(=C=O)C(N2CCNC(=O)c3ccccc32)=CC=C1C(=O)O. The number of aliphatic carboxylic acids is 1. The first-order chi connectivity index (χ1) is 12.1. The maximum absolute atomic E-state index is 12.2. The zero-order chi connectivity index (χ0) is 18.0. The van der Waals surface area contributed by atoms with Crippen LogP contribution in [0.25, 0.3) is 0 Å². The summed E-state index contributed by atoms with van der Waals surface area (Å²) >= 11 is 0. The van der Waals surface area contributed by atoms with Crippen LogP contribution in [-0.4, -0.2) is 49.2 Å². The van der Waals surface area contributed by atoms with E-state index in [4.69, 9.17) is 4.74 Å². The molecule has 0 saturated carbocycles. The van der Waals surface area contributed by atoms with E-state index >= 15 is 0 Å². The summed E-state index contributed by atoms with van der Waals surface area (Å²) < 4.78 is 5.23. The minimum Gasteiger partial charge on any atom is -0.478 e. The first-order valence-electron chi connectivity index (χ1n) is 7.66. The summed E-state index contributed by atoms with van der Waals surface area (Å²) in [5.41, 5.74) is 1.64.